The second-order valence-corrected chi connectivity index (χ2v) is 6.43. The van der Waals surface area contributed by atoms with E-state index in [1.807, 2.05) is 31.2 Å². The van der Waals surface area contributed by atoms with Gasteiger partial charge in [-0.15, -0.1) is 0 Å². The van der Waals surface area contributed by atoms with Crippen molar-refractivity contribution in [1.82, 2.24) is 16.0 Å². The number of halogens is 3. The van der Waals surface area contributed by atoms with Gasteiger partial charge in [-0.1, -0.05) is 42.0 Å². The maximum atomic E-state index is 12.8. The molecule has 0 fully saturated rings. The average molecular weight is 393 g/mol. The lowest BCUT2D eigenvalue weighted by molar-refractivity contribution is -0.137. The van der Waals surface area contributed by atoms with E-state index in [2.05, 4.69) is 16.0 Å². The number of amides is 3. The van der Waals surface area contributed by atoms with Crippen LogP contribution in [0, 0.1) is 6.92 Å². The molecule has 8 heteroatoms. The molecule has 2 aromatic carbocycles. The third-order valence-electron chi connectivity index (χ3n) is 4.07. The van der Waals surface area contributed by atoms with Gasteiger partial charge in [0.25, 0.3) is 0 Å². The van der Waals surface area contributed by atoms with Crippen molar-refractivity contribution in [3.05, 3.63) is 70.8 Å². The van der Waals surface area contributed by atoms with Gasteiger partial charge in [-0.25, -0.2) is 4.79 Å². The summed E-state index contributed by atoms with van der Waals surface area (Å²) in [6, 6.07) is 11.2. The van der Waals surface area contributed by atoms with Gasteiger partial charge in [-0.3, -0.25) is 4.79 Å². The molecule has 0 aliphatic carbocycles. The molecule has 0 heterocycles. The van der Waals surface area contributed by atoms with Crippen LogP contribution >= 0.6 is 0 Å². The van der Waals surface area contributed by atoms with Crippen molar-refractivity contribution in [2.45, 2.75) is 32.6 Å². The standard InChI is InChI=1S/C20H22F3N3O2/c1-13-6-8-15(9-7-13)11-24-19(28)25-12-18(27)26-14(2)16-4-3-5-17(10-16)20(21,22)23/h3-10,14H,11-12H2,1-2H3,(H,26,27)(H2,24,25,28). The lowest BCUT2D eigenvalue weighted by atomic mass is 10.0. The zero-order valence-electron chi connectivity index (χ0n) is 15.6. The smallest absolute Gasteiger partial charge is 0.348 e. The van der Waals surface area contributed by atoms with Gasteiger partial charge < -0.3 is 16.0 Å². The zero-order valence-corrected chi connectivity index (χ0v) is 15.6. The van der Waals surface area contributed by atoms with Crippen LogP contribution < -0.4 is 16.0 Å². The largest absolute Gasteiger partial charge is 0.416 e. The van der Waals surface area contributed by atoms with Crippen LogP contribution in [-0.2, 0) is 17.5 Å². The van der Waals surface area contributed by atoms with E-state index in [1.165, 1.54) is 12.1 Å². The lowest BCUT2D eigenvalue weighted by Crippen LogP contribution is -2.42. The molecule has 2 aromatic rings. The number of carbonyl (C=O) groups excluding carboxylic acids is 2. The highest BCUT2D eigenvalue weighted by molar-refractivity contribution is 5.84. The molecule has 1 atom stereocenters. The Morgan fingerprint density at radius 1 is 1.04 bits per heavy atom. The van der Waals surface area contributed by atoms with Crippen molar-refractivity contribution < 1.29 is 22.8 Å². The molecule has 0 aliphatic heterocycles. The first kappa shape index (κ1) is 21.3. The maximum absolute atomic E-state index is 12.8. The van der Waals surface area contributed by atoms with Crippen molar-refractivity contribution in [2.24, 2.45) is 0 Å². The first-order chi connectivity index (χ1) is 13.1. The maximum Gasteiger partial charge on any atom is 0.416 e. The Morgan fingerprint density at radius 3 is 2.36 bits per heavy atom. The van der Waals surface area contributed by atoms with E-state index in [0.29, 0.717) is 12.1 Å². The molecular formula is C20H22F3N3O2. The minimum atomic E-state index is -4.45. The summed E-state index contributed by atoms with van der Waals surface area (Å²) in [5, 5.41) is 7.60. The van der Waals surface area contributed by atoms with Gasteiger partial charge in [0, 0.05) is 6.54 Å². The minimum absolute atomic E-state index is 0.289. The third kappa shape index (κ3) is 6.61. The fourth-order valence-electron chi connectivity index (χ4n) is 2.47. The Hall–Kier alpha value is -3.03. The Balaban J connectivity index is 1.78. The van der Waals surface area contributed by atoms with Crippen molar-refractivity contribution in [2.75, 3.05) is 6.54 Å². The van der Waals surface area contributed by atoms with Gasteiger partial charge in [0.1, 0.15) is 0 Å². The highest BCUT2D eigenvalue weighted by atomic mass is 19.4. The van der Waals surface area contributed by atoms with Gasteiger partial charge in [0.15, 0.2) is 0 Å². The Bertz CT molecular complexity index is 820. The Labute approximate surface area is 161 Å². The quantitative estimate of drug-likeness (QED) is 0.701. The third-order valence-corrected chi connectivity index (χ3v) is 4.07. The highest BCUT2D eigenvalue weighted by Gasteiger charge is 2.30. The molecule has 0 bridgehead atoms. The van der Waals surface area contributed by atoms with Crippen molar-refractivity contribution >= 4 is 11.9 Å². The first-order valence-corrected chi connectivity index (χ1v) is 8.69. The van der Waals surface area contributed by atoms with Crippen LogP contribution in [0.4, 0.5) is 18.0 Å². The zero-order chi connectivity index (χ0) is 20.7. The number of urea groups is 1. The van der Waals surface area contributed by atoms with Gasteiger partial charge >= 0.3 is 12.2 Å². The average Bonchev–Trinajstić information content (AvgIpc) is 2.65. The molecule has 1 unspecified atom stereocenters. The van der Waals surface area contributed by atoms with Gasteiger partial charge in [0.2, 0.25) is 5.91 Å². The van der Waals surface area contributed by atoms with E-state index in [0.717, 1.165) is 23.3 Å². The number of hydrogen-bond donors (Lipinski definition) is 3. The summed E-state index contributed by atoms with van der Waals surface area (Å²) in [6.45, 7) is 3.56. The number of carbonyl (C=O) groups is 2. The minimum Gasteiger partial charge on any atom is -0.348 e. The normalized spacial score (nSPS) is 12.2. The molecular weight excluding hydrogens is 371 g/mol. The summed E-state index contributed by atoms with van der Waals surface area (Å²) in [5.41, 5.74) is 1.58. The molecule has 0 spiro atoms. The summed E-state index contributed by atoms with van der Waals surface area (Å²) < 4.78 is 38.3. The second kappa shape index (κ2) is 9.25. The van der Waals surface area contributed by atoms with Crippen LogP contribution in [0.5, 0.6) is 0 Å². The molecule has 2 rings (SSSR count). The Morgan fingerprint density at radius 2 is 1.71 bits per heavy atom. The lowest BCUT2D eigenvalue weighted by Gasteiger charge is -2.16. The van der Waals surface area contributed by atoms with Gasteiger partial charge in [-0.05, 0) is 37.1 Å². The fraction of sp³-hybridized carbons (Fsp3) is 0.300. The van der Waals surface area contributed by atoms with Crippen LogP contribution in [0.25, 0.3) is 0 Å². The predicted octanol–water partition coefficient (Wildman–Crippen LogP) is 3.69. The topological polar surface area (TPSA) is 70.2 Å². The van der Waals surface area contributed by atoms with E-state index >= 15 is 0 Å². The number of alkyl halides is 3. The van der Waals surface area contributed by atoms with E-state index in [9.17, 15) is 22.8 Å². The number of benzene rings is 2. The van der Waals surface area contributed by atoms with Crippen LogP contribution in [0.1, 0.15) is 35.2 Å². The molecule has 0 saturated carbocycles. The van der Waals surface area contributed by atoms with Crippen LogP contribution in [-0.4, -0.2) is 18.5 Å². The summed E-state index contributed by atoms with van der Waals surface area (Å²) in [7, 11) is 0. The molecule has 150 valence electrons. The fourth-order valence-corrected chi connectivity index (χ4v) is 2.47. The van der Waals surface area contributed by atoms with Crippen LogP contribution in [0.15, 0.2) is 48.5 Å². The summed E-state index contributed by atoms with van der Waals surface area (Å²) in [4.78, 5) is 23.7. The number of nitrogens with one attached hydrogen (secondary N) is 3. The molecule has 3 N–H and O–H groups in total. The van der Waals surface area contributed by atoms with Crippen molar-refractivity contribution in [3.63, 3.8) is 0 Å². The van der Waals surface area contributed by atoms with E-state index < -0.39 is 29.7 Å². The van der Waals surface area contributed by atoms with E-state index in [1.54, 1.807) is 6.92 Å². The number of hydrogen-bond acceptors (Lipinski definition) is 2. The molecule has 0 radical (unpaired) electrons. The molecule has 3 amide bonds. The summed E-state index contributed by atoms with van der Waals surface area (Å²) in [5.74, 6) is -0.504. The predicted molar refractivity (Wildman–Crippen MR) is 99.4 cm³/mol. The number of aryl methyl sites for hydroxylation is 1. The Kier molecular flexibility index (Phi) is 7.03. The first-order valence-electron chi connectivity index (χ1n) is 8.69. The van der Waals surface area contributed by atoms with Gasteiger partial charge in [0.05, 0.1) is 18.2 Å². The molecule has 0 aromatic heterocycles. The van der Waals surface area contributed by atoms with Gasteiger partial charge in [-0.2, -0.15) is 13.2 Å². The van der Waals surface area contributed by atoms with E-state index in [-0.39, 0.29) is 6.54 Å². The monoisotopic (exact) mass is 393 g/mol. The molecule has 5 nitrogen and oxygen atoms in total. The summed E-state index contributed by atoms with van der Waals surface area (Å²) >= 11 is 0. The number of rotatable bonds is 6. The molecule has 28 heavy (non-hydrogen) atoms. The second-order valence-electron chi connectivity index (χ2n) is 6.43. The SMILES string of the molecule is Cc1ccc(CNC(=O)NCC(=O)NC(C)c2cccc(C(F)(F)F)c2)cc1. The molecule has 0 aliphatic rings. The van der Waals surface area contributed by atoms with Crippen LogP contribution in [0.3, 0.4) is 0 Å². The van der Waals surface area contributed by atoms with Crippen molar-refractivity contribution in [3.8, 4) is 0 Å². The highest BCUT2D eigenvalue weighted by Crippen LogP contribution is 2.30. The van der Waals surface area contributed by atoms with E-state index in [4.69, 9.17) is 0 Å². The molecule has 0 saturated heterocycles. The van der Waals surface area contributed by atoms with Crippen LogP contribution in [0.2, 0.25) is 0 Å². The summed E-state index contributed by atoms with van der Waals surface area (Å²) in [6.07, 6.45) is -4.45. The van der Waals surface area contributed by atoms with Crippen molar-refractivity contribution in [1.29, 1.82) is 0 Å².